The first-order valence-electron chi connectivity index (χ1n) is 9.32. The van der Waals surface area contributed by atoms with Crippen LogP contribution in [0.1, 0.15) is 6.92 Å². The number of hydrogen-bond donors (Lipinski definition) is 1. The molecule has 140 valence electrons. The monoisotopic (exact) mass is 365 g/mol. The highest BCUT2D eigenvalue weighted by Gasteiger charge is 2.00. The van der Waals surface area contributed by atoms with Crippen molar-refractivity contribution in [2.75, 3.05) is 5.32 Å². The Labute approximate surface area is 169 Å². The first-order chi connectivity index (χ1) is 13.8. The average molecular weight is 366 g/mol. The number of allylic oxidation sites excluding steroid dienone is 5. The van der Waals surface area contributed by atoms with E-state index in [1.54, 1.807) is 12.2 Å². The van der Waals surface area contributed by atoms with Crippen molar-refractivity contribution in [3.05, 3.63) is 129 Å². The Kier molecular flexibility index (Phi) is 8.83. The van der Waals surface area contributed by atoms with E-state index in [0.29, 0.717) is 0 Å². The largest absolute Gasteiger partial charge is 0.362 e. The third-order valence-corrected chi connectivity index (χ3v) is 3.91. The Morgan fingerprint density at radius 3 is 1.57 bits per heavy atom. The molecule has 1 N–H and O–H groups in total. The summed E-state index contributed by atoms with van der Waals surface area (Å²) in [6, 6.07) is 27.6. The van der Waals surface area contributed by atoms with Crippen LogP contribution in [0.4, 0.5) is 5.69 Å². The molecule has 0 unspecified atom stereocenters. The molecule has 0 spiro atoms. The van der Waals surface area contributed by atoms with Gasteiger partial charge in [-0.25, -0.2) is 0 Å². The topological polar surface area (TPSA) is 12.0 Å². The van der Waals surface area contributed by atoms with Gasteiger partial charge in [0.05, 0.1) is 0 Å². The summed E-state index contributed by atoms with van der Waals surface area (Å²) in [4.78, 5) is 0. The zero-order valence-corrected chi connectivity index (χ0v) is 16.4. The van der Waals surface area contributed by atoms with Crippen molar-refractivity contribution in [1.82, 2.24) is 0 Å². The van der Waals surface area contributed by atoms with Gasteiger partial charge in [-0.1, -0.05) is 97.6 Å². The summed E-state index contributed by atoms with van der Waals surface area (Å²) in [5, 5.41) is 3.25. The number of rotatable bonds is 6. The van der Waals surface area contributed by atoms with Gasteiger partial charge in [0.1, 0.15) is 0 Å². The van der Waals surface area contributed by atoms with Crippen molar-refractivity contribution in [2.24, 2.45) is 0 Å². The molecule has 0 saturated heterocycles. The molecule has 3 aromatic rings. The van der Waals surface area contributed by atoms with Crippen LogP contribution in [0.3, 0.4) is 0 Å². The van der Waals surface area contributed by atoms with Crippen molar-refractivity contribution >= 4 is 5.69 Å². The summed E-state index contributed by atoms with van der Waals surface area (Å²) < 4.78 is 0. The van der Waals surface area contributed by atoms with Gasteiger partial charge in [-0.3, -0.25) is 0 Å². The van der Waals surface area contributed by atoms with Gasteiger partial charge in [-0.2, -0.15) is 0 Å². The lowest BCUT2D eigenvalue weighted by molar-refractivity contribution is 1.55. The lowest BCUT2D eigenvalue weighted by atomic mass is 10.0. The smallest absolute Gasteiger partial charge is 0.0380 e. The van der Waals surface area contributed by atoms with E-state index in [-0.39, 0.29) is 0 Å². The van der Waals surface area contributed by atoms with Crippen molar-refractivity contribution in [1.29, 1.82) is 0 Å². The summed E-state index contributed by atoms with van der Waals surface area (Å²) in [7, 11) is 0. The van der Waals surface area contributed by atoms with Crippen LogP contribution < -0.4 is 5.32 Å². The van der Waals surface area contributed by atoms with Crippen molar-refractivity contribution in [2.45, 2.75) is 6.92 Å². The predicted molar refractivity (Wildman–Crippen MR) is 125 cm³/mol. The maximum atomic E-state index is 3.64. The molecule has 0 aliphatic carbocycles. The molecule has 0 aromatic heterocycles. The second-order valence-electron chi connectivity index (χ2n) is 6.05. The summed E-state index contributed by atoms with van der Waals surface area (Å²) in [5.74, 6) is 0. The Balaban J connectivity index is 0.000000878. The summed E-state index contributed by atoms with van der Waals surface area (Å²) >= 11 is 0. The summed E-state index contributed by atoms with van der Waals surface area (Å²) in [6.45, 7) is 8.89. The molecule has 3 rings (SSSR count). The van der Waals surface area contributed by atoms with Gasteiger partial charge in [0.15, 0.2) is 0 Å². The van der Waals surface area contributed by atoms with Gasteiger partial charge < -0.3 is 5.32 Å². The van der Waals surface area contributed by atoms with Gasteiger partial charge >= 0.3 is 0 Å². The van der Waals surface area contributed by atoms with Gasteiger partial charge in [0.2, 0.25) is 0 Å². The second kappa shape index (κ2) is 11.9. The fourth-order valence-corrected chi connectivity index (χ4v) is 2.59. The molecular weight excluding hydrogens is 338 g/mol. The van der Waals surface area contributed by atoms with Crippen LogP contribution in [0, 0.1) is 0 Å². The molecule has 0 amide bonds. The Hall–Kier alpha value is -3.58. The highest BCUT2D eigenvalue weighted by molar-refractivity contribution is 5.71. The number of nitrogens with one attached hydrogen (secondary N) is 1. The number of benzene rings is 3. The normalized spacial score (nSPS) is 10.3. The number of hydrogen-bond acceptors (Lipinski definition) is 1. The van der Waals surface area contributed by atoms with Crippen LogP contribution in [-0.4, -0.2) is 0 Å². The number of anilines is 1. The predicted octanol–water partition coefficient (Wildman–Crippen LogP) is 7.88. The quantitative estimate of drug-likeness (QED) is 0.346. The maximum Gasteiger partial charge on any atom is 0.0380 e. The molecule has 0 bridgehead atoms. The van der Waals surface area contributed by atoms with Crippen LogP contribution in [0.25, 0.3) is 22.3 Å². The minimum absolute atomic E-state index is 1.06. The Morgan fingerprint density at radius 2 is 1.07 bits per heavy atom. The van der Waals surface area contributed by atoms with Crippen molar-refractivity contribution in [3.63, 3.8) is 0 Å². The lowest BCUT2D eigenvalue weighted by Gasteiger charge is -2.06. The Bertz CT molecular complexity index is 899. The van der Waals surface area contributed by atoms with Gasteiger partial charge in [0.25, 0.3) is 0 Å². The first-order valence-corrected chi connectivity index (χ1v) is 9.32. The molecule has 28 heavy (non-hydrogen) atoms. The molecule has 0 heterocycles. The molecule has 1 heteroatoms. The summed E-state index contributed by atoms with van der Waals surface area (Å²) in [5.41, 5.74) is 5.97. The van der Waals surface area contributed by atoms with E-state index in [9.17, 15) is 0 Å². The molecular formula is C27H27N. The van der Waals surface area contributed by atoms with E-state index >= 15 is 0 Å². The molecule has 0 aliphatic heterocycles. The minimum atomic E-state index is 1.06. The zero-order valence-electron chi connectivity index (χ0n) is 16.4. The molecule has 0 fully saturated rings. The molecule has 1 nitrogen and oxygen atoms in total. The third-order valence-electron chi connectivity index (χ3n) is 3.91. The fourth-order valence-electron chi connectivity index (χ4n) is 2.59. The molecule has 3 aromatic carbocycles. The van der Waals surface area contributed by atoms with Crippen LogP contribution in [0.5, 0.6) is 0 Å². The highest BCUT2D eigenvalue weighted by atomic mass is 14.8. The van der Waals surface area contributed by atoms with E-state index < -0.39 is 0 Å². The first kappa shape index (κ1) is 20.7. The SMILES string of the molecule is C=C/C=C\C=C/Nc1ccc(-c2ccc(-c3ccccc3)cc2)cc1.C=CC. The van der Waals surface area contributed by atoms with Gasteiger partial charge in [-0.15, -0.1) is 6.58 Å². The average Bonchev–Trinajstić information content (AvgIpc) is 2.75. The van der Waals surface area contributed by atoms with Crippen molar-refractivity contribution in [3.8, 4) is 22.3 Å². The standard InChI is InChI=1S/C24H21N.C3H6/c1-2-3-4-8-19-25-24-17-15-23(16-18-24)22-13-11-21(12-14-22)20-9-6-5-7-10-20;1-3-2/h2-19,25H,1H2;3H,1H2,2H3/b4-3-,19-8-;. The molecule has 0 atom stereocenters. The minimum Gasteiger partial charge on any atom is -0.362 e. The zero-order chi connectivity index (χ0) is 20.0. The van der Waals surface area contributed by atoms with Crippen LogP contribution >= 0.6 is 0 Å². The summed E-state index contributed by atoms with van der Waals surface area (Å²) in [6.07, 6.45) is 11.2. The second-order valence-corrected chi connectivity index (χ2v) is 6.05. The molecule has 0 aliphatic rings. The van der Waals surface area contributed by atoms with Crippen LogP contribution in [0.2, 0.25) is 0 Å². The highest BCUT2D eigenvalue weighted by Crippen LogP contribution is 2.25. The van der Waals surface area contributed by atoms with E-state index in [2.05, 4.69) is 91.3 Å². The van der Waals surface area contributed by atoms with E-state index in [1.165, 1.54) is 22.3 Å². The van der Waals surface area contributed by atoms with Crippen molar-refractivity contribution < 1.29 is 0 Å². The Morgan fingerprint density at radius 1 is 0.607 bits per heavy atom. The van der Waals surface area contributed by atoms with E-state index in [1.807, 2.05) is 37.4 Å². The molecule has 0 radical (unpaired) electrons. The van der Waals surface area contributed by atoms with Gasteiger partial charge in [0, 0.05) is 11.9 Å². The van der Waals surface area contributed by atoms with Gasteiger partial charge in [-0.05, 0) is 47.4 Å². The molecule has 0 saturated carbocycles. The lowest BCUT2D eigenvalue weighted by Crippen LogP contribution is -1.86. The third kappa shape index (κ3) is 6.62. The van der Waals surface area contributed by atoms with Crippen LogP contribution in [-0.2, 0) is 0 Å². The maximum absolute atomic E-state index is 3.64. The van der Waals surface area contributed by atoms with E-state index in [4.69, 9.17) is 0 Å². The van der Waals surface area contributed by atoms with E-state index in [0.717, 1.165) is 5.69 Å². The van der Waals surface area contributed by atoms with Crippen LogP contribution in [0.15, 0.2) is 129 Å². The fraction of sp³-hybridized carbons (Fsp3) is 0.0370.